The lowest BCUT2D eigenvalue weighted by Gasteiger charge is -2.29. The number of pyridine rings is 1. The largest absolute Gasteiger partial charge is 0.393 e. The molecular formula is C18H25BrN4O2S. The zero-order valence-electron chi connectivity index (χ0n) is 15.4. The zero-order valence-corrected chi connectivity index (χ0v) is 17.8. The summed E-state index contributed by atoms with van der Waals surface area (Å²) in [5.74, 6) is 0.656. The molecule has 0 spiro atoms. The van der Waals surface area contributed by atoms with E-state index in [0.29, 0.717) is 24.4 Å². The fourth-order valence-electron chi connectivity index (χ4n) is 3.65. The Labute approximate surface area is 166 Å². The molecule has 1 aliphatic rings. The van der Waals surface area contributed by atoms with Crippen molar-refractivity contribution in [3.63, 3.8) is 0 Å². The molecule has 1 aliphatic heterocycles. The molecule has 1 N–H and O–H groups in total. The number of aliphatic hydroxyl groups is 1. The summed E-state index contributed by atoms with van der Waals surface area (Å²) in [6, 6.07) is 2.08. The molecular weight excluding hydrogens is 416 g/mol. The van der Waals surface area contributed by atoms with Crippen LogP contribution in [-0.2, 0) is 5.88 Å². The van der Waals surface area contributed by atoms with Gasteiger partial charge in [0, 0.05) is 18.3 Å². The molecule has 2 aromatic heterocycles. The summed E-state index contributed by atoms with van der Waals surface area (Å²) in [4.78, 5) is 19.5. The predicted molar refractivity (Wildman–Crippen MR) is 108 cm³/mol. The minimum Gasteiger partial charge on any atom is -0.393 e. The number of nitrogens with zero attached hydrogens (tertiary/aromatic N) is 4. The number of hydrogen-bond donors (Lipinski definition) is 1. The third-order valence-corrected chi connectivity index (χ3v) is 6.19. The van der Waals surface area contributed by atoms with Crippen LogP contribution in [0.5, 0.6) is 0 Å². The fourth-order valence-corrected chi connectivity index (χ4v) is 4.59. The Hall–Kier alpha value is -1.12. The van der Waals surface area contributed by atoms with Crippen molar-refractivity contribution < 1.29 is 9.90 Å². The standard InChI is InChI=1S/C18H25BrN4O2S/c1-4-13(24)7-12-6-5-11(2)23(12)18(25)15-8-16-14(9-20-15)17(19)21-22(16)10-26-3/h8-9,11-13,24H,4-7,10H2,1-3H3. The SMILES string of the molecule is CCC(O)CC1CCC(C)N1C(=O)c1cc2c(cn1)c(Br)nn2CSC. The molecule has 2 aromatic rings. The van der Waals surface area contributed by atoms with Crippen LogP contribution in [-0.4, -0.2) is 55.1 Å². The van der Waals surface area contributed by atoms with Crippen molar-refractivity contribution in [2.24, 2.45) is 0 Å². The molecule has 0 aromatic carbocycles. The average Bonchev–Trinajstić information content (AvgIpc) is 3.14. The molecule has 1 amide bonds. The van der Waals surface area contributed by atoms with E-state index in [4.69, 9.17) is 0 Å². The van der Waals surface area contributed by atoms with E-state index in [1.807, 2.05) is 28.8 Å². The molecule has 6 nitrogen and oxygen atoms in total. The van der Waals surface area contributed by atoms with Crippen LogP contribution >= 0.6 is 27.7 Å². The van der Waals surface area contributed by atoms with Gasteiger partial charge in [-0.2, -0.15) is 5.10 Å². The van der Waals surface area contributed by atoms with Gasteiger partial charge in [0.2, 0.25) is 0 Å². The maximum Gasteiger partial charge on any atom is 0.273 e. The van der Waals surface area contributed by atoms with E-state index in [1.165, 1.54) is 0 Å². The lowest BCUT2D eigenvalue weighted by molar-refractivity contribution is 0.0594. The first-order valence-electron chi connectivity index (χ1n) is 8.98. The van der Waals surface area contributed by atoms with Crippen LogP contribution in [0.3, 0.4) is 0 Å². The summed E-state index contributed by atoms with van der Waals surface area (Å²) >= 11 is 5.13. The molecule has 3 atom stereocenters. The number of halogens is 1. The predicted octanol–water partition coefficient (Wildman–Crippen LogP) is 3.67. The van der Waals surface area contributed by atoms with E-state index in [-0.39, 0.29) is 24.1 Å². The second kappa shape index (κ2) is 8.27. The van der Waals surface area contributed by atoms with Gasteiger partial charge in [0.05, 0.1) is 22.9 Å². The molecule has 1 fully saturated rings. The van der Waals surface area contributed by atoms with Crippen LogP contribution in [0.15, 0.2) is 16.9 Å². The summed E-state index contributed by atoms with van der Waals surface area (Å²) in [6.07, 6.45) is 6.60. The number of hydrogen-bond acceptors (Lipinski definition) is 5. The Morgan fingerprint density at radius 3 is 2.96 bits per heavy atom. The number of fused-ring (bicyclic) bond motifs is 1. The highest BCUT2D eigenvalue weighted by Gasteiger charge is 2.36. The van der Waals surface area contributed by atoms with Crippen molar-refractivity contribution >= 4 is 44.5 Å². The number of likely N-dealkylation sites (tertiary alicyclic amines) is 1. The number of thioether (sulfide) groups is 1. The fraction of sp³-hybridized carbons (Fsp3) is 0.611. The lowest BCUT2D eigenvalue weighted by Crippen LogP contribution is -2.41. The Kier molecular flexibility index (Phi) is 6.25. The molecule has 0 bridgehead atoms. The Balaban J connectivity index is 1.91. The Bertz CT molecular complexity index is 797. The van der Waals surface area contributed by atoms with Crippen molar-refractivity contribution in [2.45, 2.75) is 63.6 Å². The minimum atomic E-state index is -0.366. The quantitative estimate of drug-likeness (QED) is 0.741. The molecule has 0 radical (unpaired) electrons. The Morgan fingerprint density at radius 2 is 2.27 bits per heavy atom. The molecule has 3 unspecified atom stereocenters. The van der Waals surface area contributed by atoms with E-state index >= 15 is 0 Å². The van der Waals surface area contributed by atoms with E-state index in [1.54, 1.807) is 18.0 Å². The maximum absolute atomic E-state index is 13.2. The summed E-state index contributed by atoms with van der Waals surface area (Å²) in [6.45, 7) is 4.04. The topological polar surface area (TPSA) is 71.2 Å². The monoisotopic (exact) mass is 440 g/mol. The van der Waals surface area contributed by atoms with Crippen LogP contribution in [0.2, 0.25) is 0 Å². The van der Waals surface area contributed by atoms with Crippen molar-refractivity contribution in [2.75, 3.05) is 6.26 Å². The van der Waals surface area contributed by atoms with E-state index in [9.17, 15) is 9.90 Å². The van der Waals surface area contributed by atoms with E-state index in [2.05, 4.69) is 32.9 Å². The van der Waals surface area contributed by atoms with Crippen LogP contribution < -0.4 is 0 Å². The van der Waals surface area contributed by atoms with Gasteiger partial charge >= 0.3 is 0 Å². The molecule has 0 aliphatic carbocycles. The van der Waals surface area contributed by atoms with Crippen molar-refractivity contribution in [3.8, 4) is 0 Å². The summed E-state index contributed by atoms with van der Waals surface area (Å²) in [7, 11) is 0. The van der Waals surface area contributed by atoms with Crippen LogP contribution in [0.25, 0.3) is 10.9 Å². The molecule has 1 saturated heterocycles. The summed E-state index contributed by atoms with van der Waals surface area (Å²) < 4.78 is 2.63. The van der Waals surface area contributed by atoms with E-state index < -0.39 is 0 Å². The highest BCUT2D eigenvalue weighted by Crippen LogP contribution is 2.30. The summed E-state index contributed by atoms with van der Waals surface area (Å²) in [5.41, 5.74) is 1.35. The third-order valence-electron chi connectivity index (χ3n) is 5.10. The van der Waals surface area contributed by atoms with Crippen molar-refractivity contribution in [1.29, 1.82) is 0 Å². The van der Waals surface area contributed by atoms with E-state index in [0.717, 1.165) is 28.3 Å². The molecule has 26 heavy (non-hydrogen) atoms. The van der Waals surface area contributed by atoms with Gasteiger partial charge in [0.15, 0.2) is 0 Å². The number of carbonyl (C=O) groups excluding carboxylic acids is 1. The molecule has 3 heterocycles. The maximum atomic E-state index is 13.2. The number of carbonyl (C=O) groups is 1. The van der Waals surface area contributed by atoms with Crippen molar-refractivity contribution in [1.82, 2.24) is 19.7 Å². The number of amides is 1. The Morgan fingerprint density at radius 1 is 1.50 bits per heavy atom. The number of rotatable bonds is 6. The summed E-state index contributed by atoms with van der Waals surface area (Å²) in [5, 5.41) is 15.4. The van der Waals surface area contributed by atoms with Crippen LogP contribution in [0, 0.1) is 0 Å². The highest BCUT2D eigenvalue weighted by atomic mass is 79.9. The van der Waals surface area contributed by atoms with Gasteiger partial charge in [0.1, 0.15) is 10.3 Å². The van der Waals surface area contributed by atoms with Gasteiger partial charge in [-0.1, -0.05) is 6.92 Å². The second-order valence-electron chi connectivity index (χ2n) is 6.89. The van der Waals surface area contributed by atoms with Crippen LogP contribution in [0.4, 0.5) is 0 Å². The van der Waals surface area contributed by atoms with Crippen molar-refractivity contribution in [3.05, 3.63) is 22.6 Å². The van der Waals surface area contributed by atoms with Gasteiger partial charge < -0.3 is 10.0 Å². The molecule has 3 rings (SSSR count). The first kappa shape index (κ1) is 19.6. The van der Waals surface area contributed by atoms with Gasteiger partial charge in [-0.15, -0.1) is 11.8 Å². The van der Waals surface area contributed by atoms with Gasteiger partial charge in [-0.3, -0.25) is 14.5 Å². The van der Waals surface area contributed by atoms with Gasteiger partial charge in [-0.25, -0.2) is 0 Å². The zero-order chi connectivity index (χ0) is 18.8. The number of aliphatic hydroxyl groups excluding tert-OH is 1. The molecule has 8 heteroatoms. The molecule has 142 valence electrons. The number of aromatic nitrogens is 3. The third kappa shape index (κ3) is 3.77. The van der Waals surface area contributed by atoms with Gasteiger partial charge in [0.25, 0.3) is 5.91 Å². The first-order chi connectivity index (χ1) is 12.5. The molecule has 0 saturated carbocycles. The lowest BCUT2D eigenvalue weighted by atomic mass is 10.0. The van der Waals surface area contributed by atoms with Crippen LogP contribution in [0.1, 0.15) is 50.0 Å². The highest BCUT2D eigenvalue weighted by molar-refractivity contribution is 9.10. The minimum absolute atomic E-state index is 0.0572. The van der Waals surface area contributed by atoms with Gasteiger partial charge in [-0.05, 0) is 60.9 Å². The second-order valence-corrected chi connectivity index (χ2v) is 8.47. The normalized spacial score (nSPS) is 21.5. The average molecular weight is 441 g/mol. The smallest absolute Gasteiger partial charge is 0.273 e. The first-order valence-corrected chi connectivity index (χ1v) is 11.2.